The van der Waals surface area contributed by atoms with Crippen LogP contribution in [0.4, 0.5) is 10.8 Å². The number of anilines is 2. The molecule has 0 radical (unpaired) electrons. The molecular weight excluding hydrogens is 563 g/mol. The molecule has 0 fully saturated rings. The first-order valence-corrected chi connectivity index (χ1v) is 14.0. The van der Waals surface area contributed by atoms with Crippen molar-refractivity contribution in [3.05, 3.63) is 129 Å². The van der Waals surface area contributed by atoms with Crippen LogP contribution in [-0.4, -0.2) is 17.1 Å². The van der Waals surface area contributed by atoms with E-state index in [-0.39, 0.29) is 12.5 Å². The molecule has 1 aromatic heterocycles. The van der Waals surface area contributed by atoms with Gasteiger partial charge in [-0.2, -0.15) is 5.10 Å². The van der Waals surface area contributed by atoms with Crippen molar-refractivity contribution in [2.45, 2.75) is 13.5 Å². The highest BCUT2D eigenvalue weighted by atomic mass is 35.5. The summed E-state index contributed by atoms with van der Waals surface area (Å²) in [6.45, 7) is 2.32. The number of hydrogen-bond donors (Lipinski definition) is 2. The van der Waals surface area contributed by atoms with Gasteiger partial charge in [0.05, 0.1) is 11.9 Å². The third kappa shape index (κ3) is 7.07. The molecule has 0 bridgehead atoms. The minimum atomic E-state index is -0.325. The van der Waals surface area contributed by atoms with Crippen molar-refractivity contribution >= 4 is 57.5 Å². The molecule has 0 atom stereocenters. The Hall–Kier alpha value is -4.17. The molecule has 5 aromatic rings. The summed E-state index contributed by atoms with van der Waals surface area (Å²) in [5.74, 6) is 0.282. The van der Waals surface area contributed by atoms with E-state index in [0.29, 0.717) is 26.9 Å². The minimum absolute atomic E-state index is 0.266. The molecule has 0 saturated heterocycles. The van der Waals surface area contributed by atoms with E-state index in [9.17, 15) is 4.79 Å². The van der Waals surface area contributed by atoms with E-state index >= 15 is 0 Å². The van der Waals surface area contributed by atoms with Gasteiger partial charge < -0.3 is 10.1 Å². The van der Waals surface area contributed by atoms with E-state index in [2.05, 4.69) is 39.9 Å². The zero-order valence-electron chi connectivity index (χ0n) is 21.4. The number of hydrogen-bond acceptors (Lipinski definition) is 6. The van der Waals surface area contributed by atoms with Crippen molar-refractivity contribution in [3.8, 4) is 17.0 Å². The minimum Gasteiger partial charge on any atom is -0.488 e. The van der Waals surface area contributed by atoms with Crippen molar-refractivity contribution in [1.82, 2.24) is 10.4 Å². The summed E-state index contributed by atoms with van der Waals surface area (Å²) < 4.78 is 5.94. The van der Waals surface area contributed by atoms with Crippen LogP contribution < -0.4 is 15.5 Å². The second-order valence-electron chi connectivity index (χ2n) is 8.87. The number of rotatable bonds is 9. The highest BCUT2D eigenvalue weighted by molar-refractivity contribution is 7.14. The second-order valence-corrected chi connectivity index (χ2v) is 10.6. The van der Waals surface area contributed by atoms with Crippen LogP contribution in [0.2, 0.25) is 10.0 Å². The van der Waals surface area contributed by atoms with Crippen molar-refractivity contribution < 1.29 is 9.53 Å². The summed E-state index contributed by atoms with van der Waals surface area (Å²) in [5, 5.41) is 11.3. The molecule has 6 nitrogen and oxygen atoms in total. The standard InChI is InChI=1S/C31H24Cl2N4O2S/c1-20-6-14-26(15-7-20)35-31-36-28(19-40-31)21-8-10-22(11-9-21)30(38)37-34-17-23-4-2-3-5-29(23)39-18-24-12-13-25(32)16-27(24)33/h2-17,19H,18H2,1H3,(H,35,36)(H,37,38)/b34-17-. The molecule has 0 aliphatic carbocycles. The number of amides is 1. The molecule has 0 spiro atoms. The number of nitrogens with one attached hydrogen (secondary N) is 2. The van der Waals surface area contributed by atoms with Gasteiger partial charge in [-0.05, 0) is 55.5 Å². The first-order valence-electron chi connectivity index (χ1n) is 12.3. The molecule has 1 amide bonds. The summed E-state index contributed by atoms with van der Waals surface area (Å²) in [5.41, 5.74) is 8.52. The summed E-state index contributed by atoms with van der Waals surface area (Å²) >= 11 is 13.7. The van der Waals surface area contributed by atoms with Crippen molar-refractivity contribution in [2.24, 2.45) is 5.10 Å². The molecule has 0 saturated carbocycles. The molecule has 2 N–H and O–H groups in total. The topological polar surface area (TPSA) is 75.6 Å². The highest BCUT2D eigenvalue weighted by Gasteiger charge is 2.09. The fourth-order valence-corrected chi connectivity index (χ4v) is 4.96. The van der Waals surface area contributed by atoms with Gasteiger partial charge in [-0.25, -0.2) is 10.4 Å². The van der Waals surface area contributed by atoms with Crippen LogP contribution in [0.5, 0.6) is 5.75 Å². The van der Waals surface area contributed by atoms with E-state index in [1.165, 1.54) is 16.9 Å². The van der Waals surface area contributed by atoms with Gasteiger partial charge in [0.15, 0.2) is 5.13 Å². The maximum Gasteiger partial charge on any atom is 0.271 e. The van der Waals surface area contributed by atoms with E-state index < -0.39 is 0 Å². The Morgan fingerprint density at radius 1 is 1.00 bits per heavy atom. The molecule has 40 heavy (non-hydrogen) atoms. The zero-order chi connectivity index (χ0) is 27.9. The Bertz CT molecular complexity index is 1650. The van der Waals surface area contributed by atoms with Gasteiger partial charge in [0, 0.05) is 43.4 Å². The van der Waals surface area contributed by atoms with Gasteiger partial charge >= 0.3 is 0 Å². The Kier molecular flexibility index (Phi) is 8.76. The van der Waals surface area contributed by atoms with Gasteiger partial charge in [-0.15, -0.1) is 11.3 Å². The van der Waals surface area contributed by atoms with E-state index in [0.717, 1.165) is 27.6 Å². The Morgan fingerprint density at radius 2 is 1.77 bits per heavy atom. The Morgan fingerprint density at radius 3 is 2.55 bits per heavy atom. The van der Waals surface area contributed by atoms with Gasteiger partial charge in [0.1, 0.15) is 12.4 Å². The number of aromatic nitrogens is 1. The van der Waals surface area contributed by atoms with Crippen LogP contribution in [0.25, 0.3) is 11.3 Å². The lowest BCUT2D eigenvalue weighted by Gasteiger charge is -2.10. The van der Waals surface area contributed by atoms with Crippen molar-refractivity contribution in [3.63, 3.8) is 0 Å². The predicted octanol–water partition coefficient (Wildman–Crippen LogP) is 8.51. The predicted molar refractivity (Wildman–Crippen MR) is 164 cm³/mol. The van der Waals surface area contributed by atoms with Gasteiger partial charge in [0.25, 0.3) is 5.91 Å². The number of carbonyl (C=O) groups is 1. The number of hydrazone groups is 1. The normalized spacial score (nSPS) is 11.0. The third-order valence-electron chi connectivity index (χ3n) is 5.94. The largest absolute Gasteiger partial charge is 0.488 e. The Labute approximate surface area is 246 Å². The maximum absolute atomic E-state index is 12.7. The summed E-state index contributed by atoms with van der Waals surface area (Å²) in [6, 6.07) is 28.0. The number of thiazole rings is 1. The summed E-state index contributed by atoms with van der Waals surface area (Å²) in [4.78, 5) is 17.3. The van der Waals surface area contributed by atoms with Crippen molar-refractivity contribution in [1.29, 1.82) is 0 Å². The SMILES string of the molecule is Cc1ccc(Nc2nc(-c3ccc(C(=O)N/N=C\c4ccccc4OCc4ccc(Cl)cc4Cl)cc3)cs2)cc1. The lowest BCUT2D eigenvalue weighted by molar-refractivity contribution is 0.0955. The number of benzene rings is 4. The average molecular weight is 588 g/mol. The lowest BCUT2D eigenvalue weighted by atomic mass is 10.1. The van der Waals surface area contributed by atoms with Crippen LogP contribution >= 0.6 is 34.5 Å². The molecule has 0 aliphatic rings. The monoisotopic (exact) mass is 586 g/mol. The molecule has 200 valence electrons. The first kappa shape index (κ1) is 27.4. The van der Waals surface area contributed by atoms with Crippen LogP contribution in [0.1, 0.15) is 27.0 Å². The molecular formula is C31H24Cl2N4O2S. The first-order chi connectivity index (χ1) is 19.4. The van der Waals surface area contributed by atoms with Crippen LogP contribution in [0.3, 0.4) is 0 Å². The Balaban J connectivity index is 1.18. The maximum atomic E-state index is 12.7. The zero-order valence-corrected chi connectivity index (χ0v) is 23.7. The van der Waals surface area contributed by atoms with Crippen molar-refractivity contribution in [2.75, 3.05) is 5.32 Å². The number of halogens is 2. The molecule has 1 heterocycles. The molecule has 4 aromatic carbocycles. The fourth-order valence-electron chi connectivity index (χ4n) is 3.75. The second kappa shape index (κ2) is 12.8. The van der Waals surface area contributed by atoms with E-state index in [1.54, 1.807) is 30.5 Å². The summed E-state index contributed by atoms with van der Waals surface area (Å²) in [6.07, 6.45) is 1.54. The highest BCUT2D eigenvalue weighted by Crippen LogP contribution is 2.28. The fraction of sp³-hybridized carbons (Fsp3) is 0.0645. The van der Waals surface area contributed by atoms with Gasteiger partial charge in [0.2, 0.25) is 0 Å². The molecule has 0 unspecified atom stereocenters. The van der Waals surface area contributed by atoms with E-state index in [1.807, 2.05) is 60.0 Å². The van der Waals surface area contributed by atoms with Crippen LogP contribution in [0, 0.1) is 6.92 Å². The number of ether oxygens (including phenoxy) is 1. The lowest BCUT2D eigenvalue weighted by Crippen LogP contribution is -2.17. The molecule has 0 aliphatic heterocycles. The summed E-state index contributed by atoms with van der Waals surface area (Å²) in [7, 11) is 0. The van der Waals surface area contributed by atoms with E-state index in [4.69, 9.17) is 27.9 Å². The average Bonchev–Trinajstić information content (AvgIpc) is 3.43. The molecule has 5 rings (SSSR count). The number of nitrogens with zero attached hydrogens (tertiary/aromatic N) is 2. The van der Waals surface area contributed by atoms with Crippen LogP contribution in [-0.2, 0) is 6.61 Å². The quantitative estimate of drug-likeness (QED) is 0.134. The number of aryl methyl sites for hydroxylation is 1. The number of para-hydroxylation sites is 1. The number of carbonyl (C=O) groups excluding carboxylic acids is 1. The third-order valence-corrected chi connectivity index (χ3v) is 7.28. The van der Waals surface area contributed by atoms with Gasteiger partial charge in [-0.1, -0.05) is 71.2 Å². The van der Waals surface area contributed by atoms with Gasteiger partial charge in [-0.3, -0.25) is 4.79 Å². The smallest absolute Gasteiger partial charge is 0.271 e. The van der Waals surface area contributed by atoms with Crippen LogP contribution in [0.15, 0.2) is 101 Å². The molecule has 9 heteroatoms.